The third-order valence-corrected chi connectivity index (χ3v) is 4.27. The van der Waals surface area contributed by atoms with Gasteiger partial charge in [-0.3, -0.25) is 4.79 Å². The fourth-order valence-corrected chi connectivity index (χ4v) is 2.92. The van der Waals surface area contributed by atoms with Crippen molar-refractivity contribution in [1.29, 1.82) is 0 Å². The molecule has 2 saturated heterocycles. The second kappa shape index (κ2) is 7.46. The fourth-order valence-electron chi connectivity index (χ4n) is 2.92. The predicted molar refractivity (Wildman–Crippen MR) is 84.2 cm³/mol. The molecule has 2 heterocycles. The summed E-state index contributed by atoms with van der Waals surface area (Å²) in [5, 5.41) is 0. The Morgan fingerprint density at radius 3 is 2.43 bits per heavy atom. The van der Waals surface area contributed by atoms with Gasteiger partial charge in [-0.25, -0.2) is 4.79 Å². The highest BCUT2D eigenvalue weighted by Gasteiger charge is 2.27. The van der Waals surface area contributed by atoms with Crippen molar-refractivity contribution in [3.8, 4) is 5.75 Å². The molecule has 6 nitrogen and oxygen atoms in total. The molecule has 1 atom stereocenters. The summed E-state index contributed by atoms with van der Waals surface area (Å²) < 4.78 is 10.8. The molecule has 2 fully saturated rings. The van der Waals surface area contributed by atoms with Crippen LogP contribution >= 0.6 is 0 Å². The zero-order valence-corrected chi connectivity index (χ0v) is 13.1. The summed E-state index contributed by atoms with van der Waals surface area (Å²) in [6.45, 7) is 2.87. The number of nitrogens with zero attached hydrogens (tertiary/aromatic N) is 2. The van der Waals surface area contributed by atoms with Crippen molar-refractivity contribution in [3.63, 3.8) is 0 Å². The molecule has 1 aromatic carbocycles. The number of ether oxygens (including phenoxy) is 2. The number of carbonyl (C=O) groups excluding carboxylic acids is 2. The molecule has 0 unspecified atom stereocenters. The van der Waals surface area contributed by atoms with Crippen molar-refractivity contribution in [3.05, 3.63) is 30.3 Å². The molecule has 6 heteroatoms. The number of piperazine rings is 1. The summed E-state index contributed by atoms with van der Waals surface area (Å²) >= 11 is 0. The largest absolute Gasteiger partial charge is 0.415 e. The Kier molecular flexibility index (Phi) is 5.12. The first-order valence-electron chi connectivity index (χ1n) is 8.13. The molecule has 23 heavy (non-hydrogen) atoms. The van der Waals surface area contributed by atoms with Crippen molar-refractivity contribution in [2.45, 2.75) is 25.4 Å². The van der Waals surface area contributed by atoms with Crippen LogP contribution in [0.3, 0.4) is 0 Å². The van der Waals surface area contributed by atoms with Crippen LogP contribution in [0, 0.1) is 0 Å². The normalized spacial score (nSPS) is 21.3. The van der Waals surface area contributed by atoms with E-state index in [2.05, 4.69) is 0 Å². The van der Waals surface area contributed by atoms with E-state index in [1.54, 1.807) is 17.0 Å². The van der Waals surface area contributed by atoms with Crippen LogP contribution in [0.25, 0.3) is 0 Å². The zero-order chi connectivity index (χ0) is 16.1. The minimum atomic E-state index is -0.359. The maximum absolute atomic E-state index is 12.2. The van der Waals surface area contributed by atoms with Gasteiger partial charge in [0.25, 0.3) is 0 Å². The molecule has 124 valence electrons. The first-order chi connectivity index (χ1) is 11.2. The van der Waals surface area contributed by atoms with E-state index in [9.17, 15) is 9.59 Å². The lowest BCUT2D eigenvalue weighted by Crippen LogP contribution is -2.51. The van der Waals surface area contributed by atoms with Crippen LogP contribution in [0.5, 0.6) is 5.75 Å². The number of hydrogen-bond acceptors (Lipinski definition) is 4. The molecule has 1 aromatic rings. The van der Waals surface area contributed by atoms with Gasteiger partial charge in [0, 0.05) is 32.8 Å². The van der Waals surface area contributed by atoms with Crippen LogP contribution in [-0.2, 0) is 9.53 Å². The number of para-hydroxylation sites is 1. The summed E-state index contributed by atoms with van der Waals surface area (Å²) in [6.07, 6.45) is 2.17. The maximum Gasteiger partial charge on any atom is 0.415 e. The Hall–Kier alpha value is -2.08. The van der Waals surface area contributed by atoms with E-state index in [0.717, 1.165) is 19.4 Å². The molecule has 0 N–H and O–H groups in total. The lowest BCUT2D eigenvalue weighted by Gasteiger charge is -2.34. The van der Waals surface area contributed by atoms with E-state index in [0.29, 0.717) is 38.3 Å². The average Bonchev–Trinajstić information content (AvgIpc) is 3.09. The summed E-state index contributed by atoms with van der Waals surface area (Å²) in [5.74, 6) is 0.655. The summed E-state index contributed by atoms with van der Waals surface area (Å²) in [7, 11) is 0. The first kappa shape index (κ1) is 15.8. The molecule has 0 aliphatic carbocycles. The fraction of sp³-hybridized carbons (Fsp3) is 0.529. The number of hydrogen-bond donors (Lipinski definition) is 0. The molecule has 2 aliphatic heterocycles. The van der Waals surface area contributed by atoms with E-state index >= 15 is 0 Å². The highest BCUT2D eigenvalue weighted by Crippen LogP contribution is 2.17. The van der Waals surface area contributed by atoms with Gasteiger partial charge in [-0.1, -0.05) is 18.2 Å². The lowest BCUT2D eigenvalue weighted by atomic mass is 10.1. The smallest absolute Gasteiger partial charge is 0.410 e. The van der Waals surface area contributed by atoms with Crippen molar-refractivity contribution in [1.82, 2.24) is 9.80 Å². The van der Waals surface area contributed by atoms with E-state index in [-0.39, 0.29) is 18.1 Å². The van der Waals surface area contributed by atoms with Gasteiger partial charge in [0.15, 0.2) is 0 Å². The van der Waals surface area contributed by atoms with E-state index in [1.807, 2.05) is 23.1 Å². The monoisotopic (exact) mass is 318 g/mol. The van der Waals surface area contributed by atoms with E-state index < -0.39 is 0 Å². The van der Waals surface area contributed by atoms with Gasteiger partial charge in [-0.2, -0.15) is 0 Å². The third kappa shape index (κ3) is 4.22. The molecule has 0 saturated carbocycles. The standard InChI is InChI=1S/C17H22N2O4/c20-16(13-15-7-4-12-22-15)18-8-10-19(11-9-18)17(21)23-14-5-2-1-3-6-14/h1-3,5-6,15H,4,7-13H2/t15-/m1/s1. The Labute approximate surface area is 136 Å². The molecule has 0 bridgehead atoms. The van der Waals surface area contributed by atoms with Crippen LogP contribution in [0.15, 0.2) is 30.3 Å². The minimum absolute atomic E-state index is 0.0728. The highest BCUT2D eigenvalue weighted by atomic mass is 16.6. The topological polar surface area (TPSA) is 59.1 Å². The second-order valence-corrected chi connectivity index (χ2v) is 5.89. The summed E-state index contributed by atoms with van der Waals surface area (Å²) in [4.78, 5) is 27.8. The Morgan fingerprint density at radius 1 is 1.09 bits per heavy atom. The van der Waals surface area contributed by atoms with Gasteiger partial charge in [0.2, 0.25) is 5.91 Å². The van der Waals surface area contributed by atoms with Crippen LogP contribution in [0.1, 0.15) is 19.3 Å². The van der Waals surface area contributed by atoms with Gasteiger partial charge in [0.05, 0.1) is 12.5 Å². The Bertz CT molecular complexity index is 535. The first-order valence-corrected chi connectivity index (χ1v) is 8.13. The zero-order valence-electron chi connectivity index (χ0n) is 13.1. The minimum Gasteiger partial charge on any atom is -0.410 e. The predicted octanol–water partition coefficient (Wildman–Crippen LogP) is 1.90. The molecule has 3 rings (SSSR count). The molecular weight excluding hydrogens is 296 g/mol. The van der Waals surface area contributed by atoms with Crippen LogP contribution < -0.4 is 4.74 Å². The Balaban J connectivity index is 1.44. The van der Waals surface area contributed by atoms with Crippen molar-refractivity contribution < 1.29 is 19.1 Å². The van der Waals surface area contributed by atoms with Gasteiger partial charge < -0.3 is 19.3 Å². The van der Waals surface area contributed by atoms with Crippen molar-refractivity contribution in [2.75, 3.05) is 32.8 Å². The number of amides is 2. The van der Waals surface area contributed by atoms with E-state index in [1.165, 1.54) is 0 Å². The highest BCUT2D eigenvalue weighted by molar-refractivity contribution is 5.77. The lowest BCUT2D eigenvalue weighted by molar-refractivity contribution is -0.135. The molecule has 2 amide bonds. The van der Waals surface area contributed by atoms with E-state index in [4.69, 9.17) is 9.47 Å². The third-order valence-electron chi connectivity index (χ3n) is 4.27. The summed E-state index contributed by atoms with van der Waals surface area (Å²) in [5.41, 5.74) is 0. The molecular formula is C17H22N2O4. The SMILES string of the molecule is O=C(C[C@H]1CCCO1)N1CCN(C(=O)Oc2ccccc2)CC1. The van der Waals surface area contributed by atoms with Gasteiger partial charge in [-0.15, -0.1) is 0 Å². The second-order valence-electron chi connectivity index (χ2n) is 5.89. The average molecular weight is 318 g/mol. The van der Waals surface area contributed by atoms with Crippen LogP contribution in [0.4, 0.5) is 4.79 Å². The van der Waals surface area contributed by atoms with Gasteiger partial charge >= 0.3 is 6.09 Å². The van der Waals surface area contributed by atoms with Crippen LogP contribution in [0.2, 0.25) is 0 Å². The molecule has 0 aromatic heterocycles. The molecule has 0 radical (unpaired) electrons. The maximum atomic E-state index is 12.2. The molecule has 2 aliphatic rings. The number of carbonyl (C=O) groups is 2. The van der Waals surface area contributed by atoms with Crippen molar-refractivity contribution in [2.24, 2.45) is 0 Å². The quantitative estimate of drug-likeness (QED) is 0.854. The van der Waals surface area contributed by atoms with Crippen molar-refractivity contribution >= 4 is 12.0 Å². The van der Waals surface area contributed by atoms with Gasteiger partial charge in [0.1, 0.15) is 5.75 Å². The number of rotatable bonds is 3. The van der Waals surface area contributed by atoms with Gasteiger partial charge in [-0.05, 0) is 25.0 Å². The Morgan fingerprint density at radius 2 is 1.78 bits per heavy atom. The number of benzene rings is 1. The van der Waals surface area contributed by atoms with Crippen LogP contribution in [-0.4, -0.2) is 60.7 Å². The summed E-state index contributed by atoms with van der Waals surface area (Å²) in [6, 6.07) is 9.02. The molecule has 0 spiro atoms.